The van der Waals surface area contributed by atoms with E-state index in [4.69, 9.17) is 0 Å². The van der Waals surface area contributed by atoms with Gasteiger partial charge in [0.25, 0.3) is 0 Å². The van der Waals surface area contributed by atoms with Gasteiger partial charge in [0.05, 0.1) is 4.90 Å². The van der Waals surface area contributed by atoms with Crippen molar-refractivity contribution in [1.29, 1.82) is 0 Å². The molecule has 0 saturated carbocycles. The lowest BCUT2D eigenvalue weighted by Crippen LogP contribution is -2.31. The van der Waals surface area contributed by atoms with Gasteiger partial charge in [0.15, 0.2) is 0 Å². The standard InChI is InChI=1S/C16H17F2NO2S/c1-11(2)16(12-3-5-13(17)6-4-12)19-22(20,21)15-9-7-14(18)8-10-15/h3-11,16,19H,1-2H3. The summed E-state index contributed by atoms with van der Waals surface area (Å²) in [5.41, 5.74) is 0.669. The molecule has 2 aromatic rings. The van der Waals surface area contributed by atoms with Crippen LogP contribution in [0.25, 0.3) is 0 Å². The van der Waals surface area contributed by atoms with Crippen molar-refractivity contribution in [2.24, 2.45) is 5.92 Å². The van der Waals surface area contributed by atoms with Crippen molar-refractivity contribution < 1.29 is 17.2 Å². The summed E-state index contributed by atoms with van der Waals surface area (Å²) in [7, 11) is -3.79. The molecule has 0 heterocycles. The Kier molecular flexibility index (Phi) is 4.93. The molecule has 6 heteroatoms. The normalized spacial score (nSPS) is 13.3. The summed E-state index contributed by atoms with van der Waals surface area (Å²) in [6.45, 7) is 3.72. The Balaban J connectivity index is 2.31. The molecule has 0 saturated heterocycles. The van der Waals surface area contributed by atoms with Gasteiger partial charge in [-0.25, -0.2) is 21.9 Å². The fourth-order valence-electron chi connectivity index (χ4n) is 2.11. The molecule has 0 aliphatic carbocycles. The lowest BCUT2D eigenvalue weighted by atomic mass is 9.97. The minimum absolute atomic E-state index is 0.0124. The van der Waals surface area contributed by atoms with Gasteiger partial charge in [0, 0.05) is 6.04 Å². The fraction of sp³-hybridized carbons (Fsp3) is 0.250. The van der Waals surface area contributed by atoms with E-state index in [1.54, 1.807) is 12.1 Å². The number of halogens is 2. The maximum Gasteiger partial charge on any atom is 0.241 e. The number of benzene rings is 2. The molecule has 0 aliphatic rings. The third kappa shape index (κ3) is 3.90. The van der Waals surface area contributed by atoms with Crippen LogP contribution in [-0.2, 0) is 10.0 Å². The Hall–Kier alpha value is -1.79. The van der Waals surface area contributed by atoms with Gasteiger partial charge in [-0.2, -0.15) is 0 Å². The van der Waals surface area contributed by atoms with Crippen molar-refractivity contribution >= 4 is 10.0 Å². The lowest BCUT2D eigenvalue weighted by molar-refractivity contribution is 0.462. The second-order valence-electron chi connectivity index (χ2n) is 5.35. The third-order valence-corrected chi connectivity index (χ3v) is 4.76. The summed E-state index contributed by atoms with van der Waals surface area (Å²) in [6, 6.07) is 9.78. The van der Waals surface area contributed by atoms with Crippen molar-refractivity contribution in [3.63, 3.8) is 0 Å². The van der Waals surface area contributed by atoms with Crippen LogP contribution in [0.3, 0.4) is 0 Å². The van der Waals surface area contributed by atoms with E-state index in [0.29, 0.717) is 5.56 Å². The molecule has 1 atom stereocenters. The summed E-state index contributed by atoms with van der Waals surface area (Å²) in [4.78, 5) is -0.0124. The smallest absolute Gasteiger partial charge is 0.207 e. The average Bonchev–Trinajstić information content (AvgIpc) is 2.46. The molecule has 118 valence electrons. The molecule has 0 aromatic heterocycles. The molecule has 0 amide bonds. The summed E-state index contributed by atoms with van der Waals surface area (Å²) < 4.78 is 53.3. The van der Waals surface area contributed by atoms with Gasteiger partial charge < -0.3 is 0 Å². The Morgan fingerprint density at radius 2 is 1.32 bits per heavy atom. The minimum Gasteiger partial charge on any atom is -0.207 e. The number of rotatable bonds is 5. The third-order valence-electron chi connectivity index (χ3n) is 3.30. The average molecular weight is 325 g/mol. The van der Waals surface area contributed by atoms with Crippen molar-refractivity contribution in [1.82, 2.24) is 4.72 Å². The number of sulfonamides is 1. The van der Waals surface area contributed by atoms with Crippen LogP contribution in [-0.4, -0.2) is 8.42 Å². The quantitative estimate of drug-likeness (QED) is 0.912. The molecule has 0 aliphatic heterocycles. The number of hydrogen-bond acceptors (Lipinski definition) is 2. The maximum atomic E-state index is 13.0. The summed E-state index contributed by atoms with van der Waals surface area (Å²) in [5, 5.41) is 0. The molecule has 3 nitrogen and oxygen atoms in total. The van der Waals surface area contributed by atoms with E-state index in [9.17, 15) is 17.2 Å². The lowest BCUT2D eigenvalue weighted by Gasteiger charge is -2.23. The first-order valence-electron chi connectivity index (χ1n) is 6.83. The minimum atomic E-state index is -3.79. The zero-order chi connectivity index (χ0) is 16.3. The highest BCUT2D eigenvalue weighted by Gasteiger charge is 2.24. The van der Waals surface area contributed by atoms with Crippen molar-refractivity contribution in [2.75, 3.05) is 0 Å². The molecule has 22 heavy (non-hydrogen) atoms. The predicted octanol–water partition coefficient (Wildman–Crippen LogP) is 3.64. The largest absolute Gasteiger partial charge is 0.241 e. The van der Waals surface area contributed by atoms with Crippen molar-refractivity contribution in [3.05, 3.63) is 65.7 Å². The number of nitrogens with one attached hydrogen (secondary N) is 1. The van der Waals surface area contributed by atoms with Crippen LogP contribution in [0.5, 0.6) is 0 Å². The molecule has 1 unspecified atom stereocenters. The summed E-state index contributed by atoms with van der Waals surface area (Å²) in [5.74, 6) is -0.925. The second kappa shape index (κ2) is 6.54. The van der Waals surface area contributed by atoms with Crippen molar-refractivity contribution in [3.8, 4) is 0 Å². The Labute approximate surface area is 129 Å². The highest BCUT2D eigenvalue weighted by Crippen LogP contribution is 2.24. The van der Waals surface area contributed by atoms with Crippen molar-refractivity contribution in [2.45, 2.75) is 24.8 Å². The van der Waals surface area contributed by atoms with Crippen LogP contribution in [0.15, 0.2) is 53.4 Å². The van der Waals surface area contributed by atoms with E-state index in [0.717, 1.165) is 12.1 Å². The first-order chi connectivity index (χ1) is 10.3. The Morgan fingerprint density at radius 3 is 1.77 bits per heavy atom. The van der Waals surface area contributed by atoms with Gasteiger partial charge in [-0.15, -0.1) is 0 Å². The van der Waals surface area contributed by atoms with Crippen LogP contribution >= 0.6 is 0 Å². The van der Waals surface area contributed by atoms with Crippen LogP contribution in [0.2, 0.25) is 0 Å². The first-order valence-corrected chi connectivity index (χ1v) is 8.31. The van der Waals surface area contributed by atoms with Crippen LogP contribution < -0.4 is 4.72 Å². The van der Waals surface area contributed by atoms with E-state index >= 15 is 0 Å². The highest BCUT2D eigenvalue weighted by molar-refractivity contribution is 7.89. The van der Waals surface area contributed by atoms with Crippen LogP contribution in [0.1, 0.15) is 25.5 Å². The van der Waals surface area contributed by atoms with Gasteiger partial charge in [-0.3, -0.25) is 0 Å². The van der Waals surface area contributed by atoms with E-state index < -0.39 is 21.9 Å². The van der Waals surface area contributed by atoms with Gasteiger partial charge in [-0.05, 0) is 47.9 Å². The summed E-state index contributed by atoms with van der Waals surface area (Å²) >= 11 is 0. The van der Waals surface area contributed by atoms with E-state index in [2.05, 4.69) is 4.72 Å². The predicted molar refractivity (Wildman–Crippen MR) is 80.7 cm³/mol. The van der Waals surface area contributed by atoms with Crippen LogP contribution in [0, 0.1) is 17.6 Å². The van der Waals surface area contributed by atoms with Gasteiger partial charge >= 0.3 is 0 Å². The van der Waals surface area contributed by atoms with Gasteiger partial charge in [-0.1, -0.05) is 26.0 Å². The second-order valence-corrected chi connectivity index (χ2v) is 7.06. The monoisotopic (exact) mass is 325 g/mol. The number of hydrogen-bond donors (Lipinski definition) is 1. The van der Waals surface area contributed by atoms with Crippen LogP contribution in [0.4, 0.5) is 8.78 Å². The zero-order valence-corrected chi connectivity index (χ0v) is 13.1. The Morgan fingerprint density at radius 1 is 0.864 bits per heavy atom. The molecular weight excluding hydrogens is 308 g/mol. The Bertz CT molecular complexity index is 726. The molecule has 0 radical (unpaired) electrons. The molecule has 1 N–H and O–H groups in total. The molecule has 0 spiro atoms. The molecule has 2 aromatic carbocycles. The molecular formula is C16H17F2NO2S. The zero-order valence-electron chi connectivity index (χ0n) is 12.3. The van der Waals surface area contributed by atoms with Gasteiger partial charge in [0.2, 0.25) is 10.0 Å². The van der Waals surface area contributed by atoms with E-state index in [1.165, 1.54) is 24.3 Å². The molecule has 0 bridgehead atoms. The topological polar surface area (TPSA) is 46.2 Å². The summed E-state index contributed by atoms with van der Waals surface area (Å²) in [6.07, 6.45) is 0. The van der Waals surface area contributed by atoms with Gasteiger partial charge in [0.1, 0.15) is 11.6 Å². The molecule has 0 fully saturated rings. The van der Waals surface area contributed by atoms with E-state index in [1.807, 2.05) is 13.8 Å². The highest BCUT2D eigenvalue weighted by atomic mass is 32.2. The maximum absolute atomic E-state index is 13.0. The SMILES string of the molecule is CC(C)C(NS(=O)(=O)c1ccc(F)cc1)c1ccc(F)cc1. The molecule has 2 rings (SSSR count). The fourth-order valence-corrected chi connectivity index (χ4v) is 3.48. The first kappa shape index (κ1) is 16.6. The van der Waals surface area contributed by atoms with E-state index in [-0.39, 0.29) is 16.6 Å².